The molecule has 0 amide bonds. The van der Waals surface area contributed by atoms with Gasteiger partial charge in [0.05, 0.1) is 0 Å². The lowest BCUT2D eigenvalue weighted by Crippen LogP contribution is -1.90. The van der Waals surface area contributed by atoms with Crippen LogP contribution in [0.15, 0.2) is 24.3 Å². The molecule has 0 saturated carbocycles. The molecule has 0 aliphatic heterocycles. The van der Waals surface area contributed by atoms with E-state index in [0.29, 0.717) is 5.56 Å². The van der Waals surface area contributed by atoms with Crippen molar-refractivity contribution in [1.29, 1.82) is 0 Å². The molecule has 1 aromatic rings. The van der Waals surface area contributed by atoms with Crippen LogP contribution < -0.4 is 0 Å². The van der Waals surface area contributed by atoms with E-state index in [0.717, 1.165) is 5.56 Å². The Bertz CT molecular complexity index is 340. The minimum absolute atomic E-state index is 0.0698. The standard InChI is InChI=1S/C10H8OS/c1-8(11)10-4-2-9(3-5-10)6-7-12/h2-5,12H,1H3. The average molecular weight is 176 g/mol. The Kier molecular flexibility index (Phi) is 2.95. The van der Waals surface area contributed by atoms with Crippen LogP contribution in [0.4, 0.5) is 0 Å². The zero-order valence-corrected chi connectivity index (χ0v) is 7.56. The molecule has 0 saturated heterocycles. The SMILES string of the molecule is CC(=O)c1ccc(C#CS)cc1. The van der Waals surface area contributed by atoms with Crippen molar-refractivity contribution >= 4 is 18.4 Å². The van der Waals surface area contributed by atoms with Gasteiger partial charge in [-0.2, -0.15) is 0 Å². The summed E-state index contributed by atoms with van der Waals surface area (Å²) in [5.74, 6) is 2.85. The maximum absolute atomic E-state index is 10.9. The molecule has 60 valence electrons. The number of thiol groups is 1. The van der Waals surface area contributed by atoms with Gasteiger partial charge in [0.2, 0.25) is 0 Å². The van der Waals surface area contributed by atoms with Gasteiger partial charge in [-0.05, 0) is 24.3 Å². The van der Waals surface area contributed by atoms with Crippen LogP contribution in [0.1, 0.15) is 22.8 Å². The second-order valence-electron chi connectivity index (χ2n) is 2.37. The number of hydrogen-bond acceptors (Lipinski definition) is 2. The predicted molar refractivity (Wildman–Crippen MR) is 52.3 cm³/mol. The number of benzene rings is 1. The second kappa shape index (κ2) is 3.99. The highest BCUT2D eigenvalue weighted by Crippen LogP contribution is 2.03. The van der Waals surface area contributed by atoms with E-state index in [2.05, 4.69) is 23.8 Å². The minimum atomic E-state index is 0.0698. The van der Waals surface area contributed by atoms with Crippen LogP contribution in [0.25, 0.3) is 0 Å². The van der Waals surface area contributed by atoms with E-state index in [4.69, 9.17) is 0 Å². The molecule has 0 atom stereocenters. The number of hydrogen-bond donors (Lipinski definition) is 1. The maximum atomic E-state index is 10.9. The van der Waals surface area contributed by atoms with Gasteiger partial charge in [-0.1, -0.05) is 30.7 Å². The molecule has 0 heterocycles. The third kappa shape index (κ3) is 2.14. The first-order chi connectivity index (χ1) is 5.74. The fourth-order valence-electron chi connectivity index (χ4n) is 0.853. The Hall–Kier alpha value is -1.20. The molecule has 12 heavy (non-hydrogen) atoms. The van der Waals surface area contributed by atoms with Gasteiger partial charge in [0.25, 0.3) is 0 Å². The number of carbonyl (C=O) groups is 1. The van der Waals surface area contributed by atoms with Gasteiger partial charge in [0.15, 0.2) is 5.78 Å². The van der Waals surface area contributed by atoms with Crippen LogP contribution >= 0.6 is 12.6 Å². The summed E-state index contributed by atoms with van der Waals surface area (Å²) < 4.78 is 0. The van der Waals surface area contributed by atoms with E-state index >= 15 is 0 Å². The highest BCUT2D eigenvalue weighted by molar-refractivity contribution is 7.85. The van der Waals surface area contributed by atoms with Crippen LogP contribution in [0.3, 0.4) is 0 Å². The third-order valence-electron chi connectivity index (χ3n) is 1.49. The van der Waals surface area contributed by atoms with Crippen LogP contribution in [0.5, 0.6) is 0 Å². The fraction of sp³-hybridized carbons (Fsp3) is 0.100. The van der Waals surface area contributed by atoms with E-state index in [1.807, 2.05) is 0 Å². The van der Waals surface area contributed by atoms with Gasteiger partial charge in [-0.25, -0.2) is 0 Å². The van der Waals surface area contributed by atoms with Crippen molar-refractivity contribution in [2.75, 3.05) is 0 Å². The zero-order valence-electron chi connectivity index (χ0n) is 6.66. The quantitative estimate of drug-likeness (QED) is 0.394. The van der Waals surface area contributed by atoms with Crippen LogP contribution in [-0.2, 0) is 0 Å². The first kappa shape index (κ1) is 8.89. The second-order valence-corrected chi connectivity index (χ2v) is 2.59. The van der Waals surface area contributed by atoms with E-state index in [1.54, 1.807) is 31.2 Å². The summed E-state index contributed by atoms with van der Waals surface area (Å²) >= 11 is 3.77. The molecule has 0 bridgehead atoms. The zero-order chi connectivity index (χ0) is 8.97. The molecular weight excluding hydrogens is 168 g/mol. The molecule has 0 radical (unpaired) electrons. The molecule has 1 rings (SSSR count). The first-order valence-electron chi connectivity index (χ1n) is 3.50. The molecule has 0 aromatic heterocycles. The van der Waals surface area contributed by atoms with Crippen LogP contribution in [0.2, 0.25) is 0 Å². The fourth-order valence-corrected chi connectivity index (χ4v) is 0.982. The molecule has 0 N–H and O–H groups in total. The summed E-state index contributed by atoms with van der Waals surface area (Å²) in [5.41, 5.74) is 1.58. The maximum Gasteiger partial charge on any atom is 0.159 e. The van der Waals surface area contributed by atoms with Gasteiger partial charge >= 0.3 is 0 Å². The Morgan fingerprint density at radius 3 is 2.33 bits per heavy atom. The lowest BCUT2D eigenvalue weighted by molar-refractivity contribution is 0.101. The van der Waals surface area contributed by atoms with Gasteiger partial charge in [-0.3, -0.25) is 4.79 Å². The summed E-state index contributed by atoms with van der Waals surface area (Å²) in [5, 5.41) is 2.49. The largest absolute Gasteiger partial charge is 0.295 e. The van der Waals surface area contributed by atoms with Crippen molar-refractivity contribution in [3.8, 4) is 11.2 Å². The number of carbonyl (C=O) groups excluding carboxylic acids is 1. The van der Waals surface area contributed by atoms with E-state index in [9.17, 15) is 4.79 Å². The van der Waals surface area contributed by atoms with Crippen molar-refractivity contribution < 1.29 is 4.79 Å². The average Bonchev–Trinajstić information content (AvgIpc) is 2.06. The lowest BCUT2D eigenvalue weighted by Gasteiger charge is -1.93. The summed E-state index contributed by atoms with van der Waals surface area (Å²) in [4.78, 5) is 10.9. The molecule has 0 aliphatic rings. The monoisotopic (exact) mass is 176 g/mol. The summed E-state index contributed by atoms with van der Waals surface area (Å²) in [6.07, 6.45) is 0. The lowest BCUT2D eigenvalue weighted by atomic mass is 10.1. The first-order valence-corrected chi connectivity index (χ1v) is 3.95. The summed E-state index contributed by atoms with van der Waals surface area (Å²) in [6, 6.07) is 7.13. The smallest absolute Gasteiger partial charge is 0.159 e. The molecule has 0 aliphatic carbocycles. The Morgan fingerprint density at radius 2 is 1.92 bits per heavy atom. The Labute approximate surface area is 77.2 Å². The van der Waals surface area contributed by atoms with Crippen LogP contribution in [0, 0.1) is 11.2 Å². The molecule has 1 aromatic carbocycles. The number of ketones is 1. The molecule has 0 spiro atoms. The van der Waals surface area contributed by atoms with Crippen molar-refractivity contribution in [3.05, 3.63) is 35.4 Å². The Morgan fingerprint density at radius 1 is 1.33 bits per heavy atom. The van der Waals surface area contributed by atoms with Crippen LogP contribution in [-0.4, -0.2) is 5.78 Å². The van der Waals surface area contributed by atoms with E-state index in [1.165, 1.54) is 0 Å². The summed E-state index contributed by atoms with van der Waals surface area (Å²) in [6.45, 7) is 1.54. The molecule has 2 heteroatoms. The van der Waals surface area contributed by atoms with Crippen molar-refractivity contribution in [2.24, 2.45) is 0 Å². The molecule has 0 fully saturated rings. The highest BCUT2D eigenvalue weighted by atomic mass is 32.1. The Balaban J connectivity index is 2.98. The normalized spacial score (nSPS) is 8.50. The third-order valence-corrected chi connectivity index (χ3v) is 1.60. The minimum Gasteiger partial charge on any atom is -0.295 e. The van der Waals surface area contributed by atoms with E-state index in [-0.39, 0.29) is 5.78 Å². The van der Waals surface area contributed by atoms with Gasteiger partial charge in [-0.15, -0.1) is 0 Å². The van der Waals surface area contributed by atoms with Crippen molar-refractivity contribution in [3.63, 3.8) is 0 Å². The predicted octanol–water partition coefficient (Wildman–Crippen LogP) is 2.13. The topological polar surface area (TPSA) is 17.1 Å². The van der Waals surface area contributed by atoms with E-state index < -0.39 is 0 Å². The van der Waals surface area contributed by atoms with Crippen molar-refractivity contribution in [2.45, 2.75) is 6.92 Å². The molecule has 1 nitrogen and oxygen atoms in total. The number of rotatable bonds is 1. The molecule has 0 unspecified atom stereocenters. The highest BCUT2D eigenvalue weighted by Gasteiger charge is 1.96. The van der Waals surface area contributed by atoms with Gasteiger partial charge in [0.1, 0.15) is 0 Å². The number of Topliss-reactive ketones (excluding diaryl/α,β-unsaturated/α-hetero) is 1. The van der Waals surface area contributed by atoms with Crippen molar-refractivity contribution in [1.82, 2.24) is 0 Å². The van der Waals surface area contributed by atoms with Gasteiger partial charge in [0, 0.05) is 11.1 Å². The van der Waals surface area contributed by atoms with Gasteiger partial charge < -0.3 is 0 Å². The molecular formula is C10H8OS. The summed E-state index contributed by atoms with van der Waals surface area (Å²) in [7, 11) is 0.